The monoisotopic (exact) mass is 380 g/mol. The maximum atomic E-state index is 13.5. The number of benzene rings is 1. The lowest BCUT2D eigenvalue weighted by atomic mass is 10.3. The van der Waals surface area contributed by atoms with E-state index in [9.17, 15) is 9.18 Å². The van der Waals surface area contributed by atoms with Crippen molar-refractivity contribution in [1.29, 1.82) is 0 Å². The van der Waals surface area contributed by atoms with E-state index in [-0.39, 0.29) is 11.5 Å². The van der Waals surface area contributed by atoms with Gasteiger partial charge in [-0.2, -0.15) is 0 Å². The van der Waals surface area contributed by atoms with Gasteiger partial charge < -0.3 is 5.73 Å². The van der Waals surface area contributed by atoms with Crippen LogP contribution in [0.1, 0.15) is 6.92 Å². The van der Waals surface area contributed by atoms with E-state index in [1.807, 2.05) is 29.5 Å². The van der Waals surface area contributed by atoms with Crippen LogP contribution >= 0.6 is 34.4 Å². The second kappa shape index (κ2) is 5.31. The highest BCUT2D eigenvalue weighted by Crippen LogP contribution is 2.32. The Labute approximate surface area is 120 Å². The number of aromatic amines is 1. The van der Waals surface area contributed by atoms with E-state index in [1.54, 1.807) is 6.07 Å². The number of nitrogens with one attached hydrogen (secondary N) is 1. The zero-order valence-corrected chi connectivity index (χ0v) is 12.4. The molecule has 0 radical (unpaired) electrons. The summed E-state index contributed by atoms with van der Waals surface area (Å²) in [6, 6.07) is 2.90. The van der Waals surface area contributed by atoms with Gasteiger partial charge in [0.1, 0.15) is 5.82 Å². The Morgan fingerprint density at radius 1 is 1.61 bits per heavy atom. The van der Waals surface area contributed by atoms with Gasteiger partial charge in [0.25, 0.3) is 0 Å². The smallest absolute Gasteiger partial charge is 0.343 e. The Kier molecular flexibility index (Phi) is 3.95. The largest absolute Gasteiger partial charge is 0.398 e. The van der Waals surface area contributed by atoms with Crippen molar-refractivity contribution in [2.45, 2.75) is 23.5 Å². The van der Waals surface area contributed by atoms with E-state index in [0.717, 1.165) is 11.8 Å². The Morgan fingerprint density at radius 2 is 2.33 bits per heavy atom. The third-order valence-corrected chi connectivity index (χ3v) is 4.19. The molecule has 3 N–H and O–H groups in total. The Morgan fingerprint density at radius 3 is 3.00 bits per heavy atom. The number of nitrogens with zero attached hydrogens (tertiary/aromatic N) is 2. The molecule has 0 bridgehead atoms. The first-order chi connectivity index (χ1) is 8.52. The summed E-state index contributed by atoms with van der Waals surface area (Å²) in [4.78, 5) is 11.9. The highest BCUT2D eigenvalue weighted by Gasteiger charge is 2.12. The van der Waals surface area contributed by atoms with Gasteiger partial charge in [0.05, 0.1) is 3.57 Å². The molecule has 0 amide bonds. The van der Waals surface area contributed by atoms with Gasteiger partial charge in [-0.15, -0.1) is 5.10 Å². The van der Waals surface area contributed by atoms with E-state index in [4.69, 9.17) is 5.73 Å². The molecule has 2 aromatic rings. The number of aromatic nitrogens is 3. The van der Waals surface area contributed by atoms with Crippen LogP contribution in [-0.4, -0.2) is 14.8 Å². The van der Waals surface area contributed by atoms with Gasteiger partial charge in [-0.05, 0) is 53.4 Å². The zero-order valence-electron chi connectivity index (χ0n) is 9.41. The highest BCUT2D eigenvalue weighted by atomic mass is 127. The van der Waals surface area contributed by atoms with Crippen molar-refractivity contribution in [2.75, 3.05) is 5.73 Å². The molecular weight excluding hydrogens is 370 g/mol. The van der Waals surface area contributed by atoms with Crippen LogP contribution < -0.4 is 11.4 Å². The molecule has 5 nitrogen and oxygen atoms in total. The minimum atomic E-state index is -0.340. The second-order valence-electron chi connectivity index (χ2n) is 3.46. The molecule has 0 saturated heterocycles. The topological polar surface area (TPSA) is 76.7 Å². The molecule has 0 saturated carbocycles. The molecule has 2 rings (SSSR count). The number of nitrogens with two attached hydrogens (primary N) is 1. The van der Waals surface area contributed by atoms with Crippen LogP contribution in [-0.2, 0) is 6.54 Å². The summed E-state index contributed by atoms with van der Waals surface area (Å²) in [7, 11) is 0. The number of H-pyrrole nitrogens is 1. The fourth-order valence-corrected chi connectivity index (χ4v) is 2.83. The molecule has 1 heterocycles. The minimum Gasteiger partial charge on any atom is -0.398 e. The maximum absolute atomic E-state index is 13.5. The first kappa shape index (κ1) is 13.4. The van der Waals surface area contributed by atoms with Crippen molar-refractivity contribution in [3.63, 3.8) is 0 Å². The van der Waals surface area contributed by atoms with Crippen LogP contribution in [0.5, 0.6) is 0 Å². The fraction of sp³-hybridized carbons (Fsp3) is 0.200. The van der Waals surface area contributed by atoms with Crippen LogP contribution in [0.15, 0.2) is 27.0 Å². The summed E-state index contributed by atoms with van der Waals surface area (Å²) in [6.07, 6.45) is 0. The molecule has 1 aromatic heterocycles. The van der Waals surface area contributed by atoms with Crippen molar-refractivity contribution in [3.8, 4) is 0 Å². The lowest BCUT2D eigenvalue weighted by molar-refractivity contribution is 0.616. The molecule has 1 aromatic carbocycles. The number of hydrogen-bond donors (Lipinski definition) is 2. The normalized spacial score (nSPS) is 10.8. The van der Waals surface area contributed by atoms with Gasteiger partial charge in [0.2, 0.25) is 0 Å². The Bertz CT molecular complexity index is 639. The maximum Gasteiger partial charge on any atom is 0.343 e. The van der Waals surface area contributed by atoms with Crippen LogP contribution in [0.3, 0.4) is 0 Å². The van der Waals surface area contributed by atoms with Gasteiger partial charge in [-0.25, -0.2) is 14.3 Å². The van der Waals surface area contributed by atoms with Crippen LogP contribution in [0, 0.1) is 9.39 Å². The summed E-state index contributed by atoms with van der Waals surface area (Å²) in [5.41, 5.74) is 5.99. The minimum absolute atomic E-state index is 0.287. The van der Waals surface area contributed by atoms with E-state index in [1.165, 1.54) is 10.6 Å². The first-order valence-corrected chi connectivity index (χ1v) is 7.00. The average Bonchev–Trinajstić information content (AvgIpc) is 2.67. The average molecular weight is 380 g/mol. The number of nitrogen functional groups attached to an aromatic ring is 1. The van der Waals surface area contributed by atoms with Crippen molar-refractivity contribution >= 4 is 40.0 Å². The molecule has 0 atom stereocenters. The van der Waals surface area contributed by atoms with Gasteiger partial charge >= 0.3 is 5.69 Å². The van der Waals surface area contributed by atoms with Gasteiger partial charge in [0, 0.05) is 17.1 Å². The molecule has 0 spiro atoms. The molecule has 96 valence electrons. The number of anilines is 1. The quantitative estimate of drug-likeness (QED) is 0.632. The fourth-order valence-electron chi connectivity index (χ4n) is 1.39. The van der Waals surface area contributed by atoms with Gasteiger partial charge in [-0.1, -0.05) is 0 Å². The summed E-state index contributed by atoms with van der Waals surface area (Å²) >= 11 is 3.04. The van der Waals surface area contributed by atoms with E-state index < -0.39 is 0 Å². The number of rotatable bonds is 3. The molecule has 0 unspecified atom stereocenters. The van der Waals surface area contributed by atoms with E-state index >= 15 is 0 Å². The second-order valence-corrected chi connectivity index (χ2v) is 5.63. The predicted molar refractivity (Wildman–Crippen MR) is 76.2 cm³/mol. The molecule has 0 fully saturated rings. The Hall–Kier alpha value is -1.03. The third-order valence-electron chi connectivity index (χ3n) is 2.29. The first-order valence-electron chi connectivity index (χ1n) is 5.10. The lowest BCUT2D eigenvalue weighted by Crippen LogP contribution is -2.16. The van der Waals surface area contributed by atoms with Crippen LogP contribution in [0.4, 0.5) is 10.1 Å². The van der Waals surface area contributed by atoms with Crippen molar-refractivity contribution in [3.05, 3.63) is 32.0 Å². The SMILES string of the molecule is CCn1c(Sc2cc(F)c(I)cc2N)n[nH]c1=O. The molecule has 18 heavy (non-hydrogen) atoms. The molecule has 0 aliphatic rings. The standard InChI is InChI=1S/C10H10FIN4OS/c1-2-16-9(17)14-15-10(16)18-8-3-5(11)6(12)4-7(8)13/h3-4H,2,13H2,1H3,(H,14,17). The molecule has 8 heteroatoms. The van der Waals surface area contributed by atoms with Crippen molar-refractivity contribution in [2.24, 2.45) is 0 Å². The predicted octanol–water partition coefficient (Wildman–Crippen LogP) is 2.07. The number of hydrogen-bond acceptors (Lipinski definition) is 4. The number of halogens is 2. The summed E-state index contributed by atoms with van der Waals surface area (Å²) < 4.78 is 15.4. The van der Waals surface area contributed by atoms with Crippen molar-refractivity contribution in [1.82, 2.24) is 14.8 Å². The molecule has 0 aliphatic carbocycles. The summed E-state index contributed by atoms with van der Waals surface area (Å²) in [5, 5.41) is 6.71. The van der Waals surface area contributed by atoms with E-state index in [0.29, 0.717) is 25.9 Å². The van der Waals surface area contributed by atoms with Gasteiger partial charge in [0.15, 0.2) is 5.16 Å². The van der Waals surface area contributed by atoms with Crippen molar-refractivity contribution < 1.29 is 4.39 Å². The van der Waals surface area contributed by atoms with Gasteiger partial charge in [-0.3, -0.25) is 4.57 Å². The third kappa shape index (κ3) is 2.53. The van der Waals surface area contributed by atoms with E-state index in [2.05, 4.69) is 10.2 Å². The van der Waals surface area contributed by atoms with Crippen LogP contribution in [0.25, 0.3) is 0 Å². The molecular formula is C10H10FIN4OS. The van der Waals surface area contributed by atoms with Crippen LogP contribution in [0.2, 0.25) is 0 Å². The summed E-state index contributed by atoms with van der Waals surface area (Å²) in [6.45, 7) is 2.32. The molecule has 0 aliphatic heterocycles. The summed E-state index contributed by atoms with van der Waals surface area (Å²) in [5.74, 6) is -0.340. The highest BCUT2D eigenvalue weighted by molar-refractivity contribution is 14.1. The Balaban J connectivity index is 2.40. The lowest BCUT2D eigenvalue weighted by Gasteiger charge is -2.06. The zero-order chi connectivity index (χ0) is 13.3.